The molecule has 3 aromatic rings. The van der Waals surface area contributed by atoms with E-state index in [1.807, 2.05) is 19.2 Å². The lowest BCUT2D eigenvalue weighted by atomic mass is 10.3. The second-order valence-corrected chi connectivity index (χ2v) is 5.77. The summed E-state index contributed by atoms with van der Waals surface area (Å²) in [6.45, 7) is 4.35. The molecule has 0 aliphatic heterocycles. The minimum absolute atomic E-state index is 0.00546. The monoisotopic (exact) mass is 278 g/mol. The third-order valence-corrected chi connectivity index (χ3v) is 4.67. The molecular formula is C11H10N4OS2. The van der Waals surface area contributed by atoms with Crippen LogP contribution in [-0.4, -0.2) is 19.1 Å². The van der Waals surface area contributed by atoms with Crippen LogP contribution in [0.3, 0.4) is 0 Å². The molecule has 0 fully saturated rings. The molecule has 0 amide bonds. The van der Waals surface area contributed by atoms with Gasteiger partial charge in [0.2, 0.25) is 0 Å². The standard InChI is InChI=1S/C11H10N4OS2/c1-6-4-17-10-9(6)12-5-15(11(10)16)3-8-7(2)13-14-18-8/h4-5H,3H2,1-2H3. The van der Waals surface area contributed by atoms with Crippen molar-refractivity contribution in [3.8, 4) is 0 Å². The van der Waals surface area contributed by atoms with E-state index in [9.17, 15) is 4.79 Å². The molecule has 0 N–H and O–H groups in total. The maximum absolute atomic E-state index is 12.3. The molecule has 7 heteroatoms. The van der Waals surface area contributed by atoms with Gasteiger partial charge in [-0.1, -0.05) is 4.49 Å². The third kappa shape index (κ3) is 1.75. The van der Waals surface area contributed by atoms with Crippen LogP contribution in [0.1, 0.15) is 16.1 Å². The molecule has 0 aliphatic carbocycles. The average Bonchev–Trinajstić information content (AvgIpc) is 2.91. The number of hydrogen-bond acceptors (Lipinski definition) is 6. The van der Waals surface area contributed by atoms with E-state index >= 15 is 0 Å². The Bertz CT molecular complexity index is 771. The summed E-state index contributed by atoms with van der Waals surface area (Å²) in [5.41, 5.74) is 2.73. The fraction of sp³-hybridized carbons (Fsp3) is 0.273. The first-order valence-corrected chi connectivity index (χ1v) is 7.03. The van der Waals surface area contributed by atoms with Gasteiger partial charge in [0.1, 0.15) is 4.70 Å². The maximum Gasteiger partial charge on any atom is 0.271 e. The molecule has 0 radical (unpaired) electrons. The van der Waals surface area contributed by atoms with Crippen molar-refractivity contribution in [2.45, 2.75) is 20.4 Å². The van der Waals surface area contributed by atoms with Crippen molar-refractivity contribution >= 4 is 33.1 Å². The number of aryl methyl sites for hydroxylation is 2. The summed E-state index contributed by atoms with van der Waals surface area (Å²) in [6.07, 6.45) is 1.60. The molecular weight excluding hydrogens is 268 g/mol. The highest BCUT2D eigenvalue weighted by Crippen LogP contribution is 2.19. The molecule has 0 atom stereocenters. The van der Waals surface area contributed by atoms with Crippen LogP contribution in [0.4, 0.5) is 0 Å². The van der Waals surface area contributed by atoms with E-state index in [2.05, 4.69) is 14.6 Å². The Morgan fingerprint density at radius 2 is 2.22 bits per heavy atom. The average molecular weight is 278 g/mol. The summed E-state index contributed by atoms with van der Waals surface area (Å²) in [5, 5.41) is 5.91. The van der Waals surface area contributed by atoms with E-state index in [1.54, 1.807) is 10.9 Å². The number of fused-ring (bicyclic) bond motifs is 1. The highest BCUT2D eigenvalue weighted by atomic mass is 32.1. The second kappa shape index (κ2) is 4.25. The lowest BCUT2D eigenvalue weighted by Gasteiger charge is -2.03. The Balaban J connectivity index is 2.11. The Kier molecular flexibility index (Phi) is 2.71. The highest BCUT2D eigenvalue weighted by molar-refractivity contribution is 7.17. The Morgan fingerprint density at radius 1 is 1.39 bits per heavy atom. The molecule has 0 spiro atoms. The molecule has 0 bridgehead atoms. The van der Waals surface area contributed by atoms with Gasteiger partial charge in [0.05, 0.1) is 29.0 Å². The van der Waals surface area contributed by atoms with Crippen molar-refractivity contribution in [3.63, 3.8) is 0 Å². The van der Waals surface area contributed by atoms with Gasteiger partial charge in [-0.2, -0.15) is 0 Å². The zero-order chi connectivity index (χ0) is 12.7. The van der Waals surface area contributed by atoms with Crippen LogP contribution in [0.2, 0.25) is 0 Å². The SMILES string of the molecule is Cc1nnsc1Cn1cnc2c(C)csc2c1=O. The summed E-state index contributed by atoms with van der Waals surface area (Å²) < 4.78 is 6.20. The fourth-order valence-corrected chi connectivity index (χ4v) is 3.31. The zero-order valence-electron chi connectivity index (χ0n) is 9.88. The normalized spacial score (nSPS) is 11.2. The molecule has 0 aliphatic rings. The minimum atomic E-state index is 0.00546. The number of thiophene rings is 1. The van der Waals surface area contributed by atoms with Crippen LogP contribution in [-0.2, 0) is 6.54 Å². The van der Waals surface area contributed by atoms with Gasteiger partial charge in [-0.3, -0.25) is 9.36 Å². The van der Waals surface area contributed by atoms with E-state index in [0.29, 0.717) is 11.2 Å². The maximum atomic E-state index is 12.3. The second-order valence-electron chi connectivity index (χ2n) is 4.06. The van der Waals surface area contributed by atoms with Gasteiger partial charge in [-0.05, 0) is 36.3 Å². The van der Waals surface area contributed by atoms with Gasteiger partial charge >= 0.3 is 0 Å². The minimum Gasteiger partial charge on any atom is -0.293 e. The predicted molar refractivity (Wildman–Crippen MR) is 72.4 cm³/mol. The molecule has 18 heavy (non-hydrogen) atoms. The van der Waals surface area contributed by atoms with Crippen LogP contribution < -0.4 is 5.56 Å². The molecule has 3 rings (SSSR count). The van der Waals surface area contributed by atoms with Gasteiger partial charge < -0.3 is 0 Å². The summed E-state index contributed by atoms with van der Waals surface area (Å²) in [4.78, 5) is 17.6. The predicted octanol–water partition coefficient (Wildman–Crippen LogP) is 1.97. The van der Waals surface area contributed by atoms with Crippen LogP contribution in [0.15, 0.2) is 16.5 Å². The van der Waals surface area contributed by atoms with Gasteiger partial charge in [0.15, 0.2) is 0 Å². The molecule has 0 unspecified atom stereocenters. The van der Waals surface area contributed by atoms with Gasteiger partial charge in [-0.15, -0.1) is 16.4 Å². The van der Waals surface area contributed by atoms with Crippen molar-refractivity contribution in [1.29, 1.82) is 0 Å². The van der Waals surface area contributed by atoms with Gasteiger partial charge in [0.25, 0.3) is 5.56 Å². The first-order valence-electron chi connectivity index (χ1n) is 5.38. The first kappa shape index (κ1) is 11.5. The zero-order valence-corrected chi connectivity index (χ0v) is 11.5. The molecule has 3 aromatic heterocycles. The largest absolute Gasteiger partial charge is 0.293 e. The third-order valence-electron chi connectivity index (χ3n) is 2.78. The lowest BCUT2D eigenvalue weighted by Crippen LogP contribution is -2.20. The van der Waals surface area contributed by atoms with Crippen molar-refractivity contribution in [1.82, 2.24) is 19.1 Å². The van der Waals surface area contributed by atoms with E-state index in [0.717, 1.165) is 21.7 Å². The lowest BCUT2D eigenvalue weighted by molar-refractivity contribution is 0.753. The van der Waals surface area contributed by atoms with Crippen LogP contribution in [0.5, 0.6) is 0 Å². The highest BCUT2D eigenvalue weighted by Gasteiger charge is 2.10. The Hall–Kier alpha value is -1.60. The quantitative estimate of drug-likeness (QED) is 0.719. The Labute approximate surface area is 111 Å². The van der Waals surface area contributed by atoms with Crippen LogP contribution in [0, 0.1) is 13.8 Å². The Morgan fingerprint density at radius 3 is 2.94 bits per heavy atom. The molecule has 5 nitrogen and oxygen atoms in total. The molecule has 92 valence electrons. The fourth-order valence-electron chi connectivity index (χ4n) is 1.72. The van der Waals surface area contributed by atoms with Crippen molar-refractivity contribution in [2.24, 2.45) is 0 Å². The molecule has 0 aromatic carbocycles. The van der Waals surface area contributed by atoms with E-state index < -0.39 is 0 Å². The molecule has 0 saturated heterocycles. The van der Waals surface area contributed by atoms with E-state index in [4.69, 9.17) is 0 Å². The van der Waals surface area contributed by atoms with E-state index in [-0.39, 0.29) is 5.56 Å². The summed E-state index contributed by atoms with van der Waals surface area (Å²) in [7, 11) is 0. The number of rotatable bonds is 2. The summed E-state index contributed by atoms with van der Waals surface area (Å²) in [5.74, 6) is 0. The van der Waals surface area contributed by atoms with Gasteiger partial charge in [0, 0.05) is 0 Å². The van der Waals surface area contributed by atoms with Crippen molar-refractivity contribution < 1.29 is 0 Å². The van der Waals surface area contributed by atoms with Crippen molar-refractivity contribution in [3.05, 3.63) is 38.2 Å². The number of nitrogens with zero attached hydrogens (tertiary/aromatic N) is 4. The first-order chi connectivity index (χ1) is 8.66. The number of aromatic nitrogens is 4. The summed E-state index contributed by atoms with van der Waals surface area (Å²) in [6, 6.07) is 0. The van der Waals surface area contributed by atoms with Crippen LogP contribution in [0.25, 0.3) is 10.2 Å². The van der Waals surface area contributed by atoms with Gasteiger partial charge in [-0.25, -0.2) is 4.98 Å². The summed E-state index contributed by atoms with van der Waals surface area (Å²) >= 11 is 2.77. The van der Waals surface area contributed by atoms with Crippen molar-refractivity contribution in [2.75, 3.05) is 0 Å². The van der Waals surface area contributed by atoms with Crippen LogP contribution >= 0.6 is 22.9 Å². The number of hydrogen-bond donors (Lipinski definition) is 0. The topological polar surface area (TPSA) is 60.7 Å². The molecule has 0 saturated carbocycles. The smallest absolute Gasteiger partial charge is 0.271 e. The van der Waals surface area contributed by atoms with E-state index in [1.165, 1.54) is 22.9 Å². The molecule has 3 heterocycles.